The summed E-state index contributed by atoms with van der Waals surface area (Å²) in [7, 11) is 0. The first kappa shape index (κ1) is 15.6. The van der Waals surface area contributed by atoms with E-state index in [1.54, 1.807) is 17.0 Å². The number of anilines is 1. The first-order valence-corrected chi connectivity index (χ1v) is 7.73. The number of hydrogen-bond donors (Lipinski definition) is 1. The van der Waals surface area contributed by atoms with Gasteiger partial charge in [-0.1, -0.05) is 31.9 Å². The van der Waals surface area contributed by atoms with E-state index in [2.05, 4.69) is 13.5 Å². The van der Waals surface area contributed by atoms with Crippen molar-refractivity contribution in [3.05, 3.63) is 35.9 Å². The molecule has 114 valence electrons. The Morgan fingerprint density at radius 3 is 2.67 bits per heavy atom. The van der Waals surface area contributed by atoms with Gasteiger partial charge in [0, 0.05) is 12.1 Å². The van der Waals surface area contributed by atoms with E-state index < -0.39 is 5.41 Å². The zero-order chi connectivity index (χ0) is 15.6. The molecule has 1 aromatic carbocycles. The molecule has 0 aliphatic carbocycles. The maximum Gasteiger partial charge on any atom is 0.237 e. The first-order valence-electron chi connectivity index (χ1n) is 7.73. The van der Waals surface area contributed by atoms with Gasteiger partial charge in [-0.25, -0.2) is 0 Å². The van der Waals surface area contributed by atoms with Crippen LogP contribution in [0.25, 0.3) is 0 Å². The van der Waals surface area contributed by atoms with Gasteiger partial charge in [0.25, 0.3) is 0 Å². The third-order valence-corrected chi connectivity index (χ3v) is 4.28. The molecule has 0 bridgehead atoms. The van der Waals surface area contributed by atoms with E-state index in [4.69, 9.17) is 0 Å². The summed E-state index contributed by atoms with van der Waals surface area (Å²) in [5.74, 6) is 0.254. The molecule has 0 unspecified atom stereocenters. The van der Waals surface area contributed by atoms with E-state index >= 15 is 0 Å². The highest BCUT2D eigenvalue weighted by Crippen LogP contribution is 2.48. The van der Waals surface area contributed by atoms with Crippen molar-refractivity contribution in [2.75, 3.05) is 11.4 Å². The Morgan fingerprint density at radius 1 is 1.33 bits per heavy atom. The van der Waals surface area contributed by atoms with Crippen LogP contribution in [0.5, 0.6) is 5.75 Å². The predicted molar refractivity (Wildman–Crippen MR) is 86.9 cm³/mol. The average molecular weight is 287 g/mol. The second kappa shape index (κ2) is 5.92. The summed E-state index contributed by atoms with van der Waals surface area (Å²) < 4.78 is 0. The lowest BCUT2D eigenvalue weighted by Gasteiger charge is -2.19. The van der Waals surface area contributed by atoms with Gasteiger partial charge < -0.3 is 10.0 Å². The Labute approximate surface area is 127 Å². The molecule has 1 aliphatic rings. The fraction of sp³-hybridized carbons (Fsp3) is 0.500. The fourth-order valence-electron chi connectivity index (χ4n) is 3.16. The second-order valence-electron chi connectivity index (χ2n) is 6.25. The van der Waals surface area contributed by atoms with Crippen LogP contribution in [-0.4, -0.2) is 17.6 Å². The number of amides is 1. The summed E-state index contributed by atoms with van der Waals surface area (Å²) in [4.78, 5) is 14.4. The van der Waals surface area contributed by atoms with E-state index in [9.17, 15) is 9.90 Å². The topological polar surface area (TPSA) is 40.5 Å². The van der Waals surface area contributed by atoms with Crippen molar-refractivity contribution in [2.45, 2.75) is 51.9 Å². The van der Waals surface area contributed by atoms with Crippen molar-refractivity contribution in [1.82, 2.24) is 0 Å². The van der Waals surface area contributed by atoms with Crippen molar-refractivity contribution in [3.8, 4) is 5.75 Å². The van der Waals surface area contributed by atoms with Gasteiger partial charge in [0.15, 0.2) is 0 Å². The Hall–Kier alpha value is -1.77. The maximum atomic E-state index is 12.7. The lowest BCUT2D eigenvalue weighted by molar-refractivity contribution is -0.122. The molecule has 0 saturated heterocycles. The van der Waals surface area contributed by atoms with Gasteiger partial charge >= 0.3 is 0 Å². The summed E-state index contributed by atoms with van der Waals surface area (Å²) in [6.45, 7) is 10.2. The van der Waals surface area contributed by atoms with Crippen LogP contribution in [0.2, 0.25) is 0 Å². The molecule has 0 radical (unpaired) electrons. The first-order chi connectivity index (χ1) is 9.95. The van der Waals surface area contributed by atoms with Gasteiger partial charge in [-0.3, -0.25) is 4.79 Å². The van der Waals surface area contributed by atoms with Gasteiger partial charge in [-0.2, -0.15) is 0 Å². The highest BCUT2D eigenvalue weighted by atomic mass is 16.3. The molecule has 0 atom stereocenters. The Kier molecular flexibility index (Phi) is 4.40. The fourth-order valence-corrected chi connectivity index (χ4v) is 3.16. The molecule has 1 aromatic rings. The SMILES string of the molecule is C=CCN1C(=O)C(C)(C)c2c(O)ccc(CCCCC)c21. The highest BCUT2D eigenvalue weighted by molar-refractivity contribution is 6.09. The number of carbonyl (C=O) groups excluding carboxylic acids is 1. The number of fused-ring (bicyclic) bond motifs is 1. The van der Waals surface area contributed by atoms with Crippen LogP contribution in [0, 0.1) is 0 Å². The summed E-state index contributed by atoms with van der Waals surface area (Å²) in [6, 6.07) is 3.68. The number of benzene rings is 1. The summed E-state index contributed by atoms with van der Waals surface area (Å²) >= 11 is 0. The average Bonchev–Trinajstić information content (AvgIpc) is 2.64. The molecule has 1 N–H and O–H groups in total. The number of aryl methyl sites for hydroxylation is 1. The van der Waals surface area contributed by atoms with Crippen LogP contribution in [0.4, 0.5) is 5.69 Å². The van der Waals surface area contributed by atoms with Gasteiger partial charge in [0.05, 0.1) is 11.1 Å². The maximum absolute atomic E-state index is 12.7. The number of phenols is 1. The quantitative estimate of drug-likeness (QED) is 0.636. The van der Waals surface area contributed by atoms with Crippen LogP contribution >= 0.6 is 0 Å². The highest BCUT2D eigenvalue weighted by Gasteiger charge is 2.46. The summed E-state index contributed by atoms with van der Waals surface area (Å²) in [5.41, 5.74) is 2.14. The van der Waals surface area contributed by atoms with Gasteiger partial charge in [0.2, 0.25) is 5.91 Å². The molecule has 3 nitrogen and oxygen atoms in total. The summed E-state index contributed by atoms with van der Waals surface area (Å²) in [5, 5.41) is 10.3. The van der Waals surface area contributed by atoms with E-state index in [0.29, 0.717) is 6.54 Å². The number of aromatic hydroxyl groups is 1. The standard InChI is InChI=1S/C18H25NO2/c1-5-7-8-9-13-10-11-14(20)15-16(13)19(12-6-2)17(21)18(15,3)4/h6,10-11,20H,2,5,7-9,12H2,1,3-4H3. The van der Waals surface area contributed by atoms with Crippen LogP contribution in [0.15, 0.2) is 24.8 Å². The number of carbonyl (C=O) groups is 1. The zero-order valence-electron chi connectivity index (χ0n) is 13.3. The molecule has 0 saturated carbocycles. The third-order valence-electron chi connectivity index (χ3n) is 4.28. The van der Waals surface area contributed by atoms with Gasteiger partial charge in [-0.05, 0) is 38.3 Å². The molecule has 0 spiro atoms. The van der Waals surface area contributed by atoms with E-state index in [1.807, 2.05) is 19.9 Å². The monoisotopic (exact) mass is 287 g/mol. The lowest BCUT2D eigenvalue weighted by atomic mass is 9.84. The molecular weight excluding hydrogens is 262 g/mol. The number of rotatable bonds is 6. The molecule has 1 amide bonds. The Balaban J connectivity index is 2.51. The van der Waals surface area contributed by atoms with Gasteiger partial charge in [-0.15, -0.1) is 6.58 Å². The van der Waals surface area contributed by atoms with Crippen molar-refractivity contribution in [1.29, 1.82) is 0 Å². The van der Waals surface area contributed by atoms with Crippen LogP contribution in [-0.2, 0) is 16.6 Å². The van der Waals surface area contributed by atoms with Crippen LogP contribution in [0.1, 0.15) is 51.2 Å². The zero-order valence-corrected chi connectivity index (χ0v) is 13.3. The molecule has 0 aromatic heterocycles. The lowest BCUT2D eigenvalue weighted by Crippen LogP contribution is -2.36. The Bertz CT molecular complexity index is 561. The van der Waals surface area contributed by atoms with Crippen molar-refractivity contribution >= 4 is 11.6 Å². The van der Waals surface area contributed by atoms with E-state index in [1.165, 1.54) is 12.8 Å². The number of phenolic OH excluding ortho intramolecular Hbond substituents is 1. The molecule has 2 rings (SSSR count). The number of unbranched alkanes of at least 4 members (excludes halogenated alkanes) is 2. The minimum absolute atomic E-state index is 0.0376. The second-order valence-corrected chi connectivity index (χ2v) is 6.25. The third kappa shape index (κ3) is 2.57. The molecule has 21 heavy (non-hydrogen) atoms. The van der Waals surface area contributed by atoms with E-state index in [0.717, 1.165) is 29.7 Å². The largest absolute Gasteiger partial charge is 0.508 e. The molecular formula is C18H25NO2. The van der Waals surface area contributed by atoms with Crippen LogP contribution in [0.3, 0.4) is 0 Å². The van der Waals surface area contributed by atoms with E-state index in [-0.39, 0.29) is 11.7 Å². The van der Waals surface area contributed by atoms with Crippen molar-refractivity contribution in [3.63, 3.8) is 0 Å². The molecule has 1 heterocycles. The Morgan fingerprint density at radius 2 is 2.05 bits per heavy atom. The minimum Gasteiger partial charge on any atom is -0.508 e. The normalized spacial score (nSPS) is 16.1. The summed E-state index contributed by atoms with van der Waals surface area (Å²) in [6.07, 6.45) is 6.12. The minimum atomic E-state index is -0.677. The van der Waals surface area contributed by atoms with Crippen molar-refractivity contribution < 1.29 is 9.90 Å². The van der Waals surface area contributed by atoms with Crippen LogP contribution < -0.4 is 4.90 Å². The molecule has 0 fully saturated rings. The number of hydrogen-bond acceptors (Lipinski definition) is 2. The van der Waals surface area contributed by atoms with Crippen molar-refractivity contribution in [2.24, 2.45) is 0 Å². The smallest absolute Gasteiger partial charge is 0.237 e. The molecule has 1 aliphatic heterocycles. The van der Waals surface area contributed by atoms with Gasteiger partial charge in [0.1, 0.15) is 5.75 Å². The molecule has 3 heteroatoms. The predicted octanol–water partition coefficient (Wildman–Crippen LogP) is 3.94. The number of nitrogens with zero attached hydrogens (tertiary/aromatic N) is 1.